The normalized spacial score (nSPS) is 43.1. The van der Waals surface area contributed by atoms with Crippen LogP contribution >= 0.6 is 0 Å². The predicted octanol–water partition coefficient (Wildman–Crippen LogP) is 1.16. The van der Waals surface area contributed by atoms with Gasteiger partial charge in [-0.1, -0.05) is 12.7 Å². The molecule has 3 fully saturated rings. The Morgan fingerprint density at radius 3 is 2.42 bits per heavy atom. The van der Waals surface area contributed by atoms with Gasteiger partial charge in [0.15, 0.2) is 17.8 Å². The molecule has 3 heterocycles. The first-order valence-corrected chi connectivity index (χ1v) is 10.8. The predicted molar refractivity (Wildman–Crippen MR) is 110 cm³/mol. The summed E-state index contributed by atoms with van der Waals surface area (Å²) in [6, 6.07) is 0. The lowest BCUT2D eigenvalue weighted by Gasteiger charge is -2.34. The molecule has 0 bridgehead atoms. The highest BCUT2D eigenvalue weighted by atomic mass is 16.7. The van der Waals surface area contributed by atoms with Gasteiger partial charge in [-0.2, -0.15) is 0 Å². The van der Waals surface area contributed by atoms with Crippen LogP contribution in [0.25, 0.3) is 0 Å². The maximum absolute atomic E-state index is 13.1. The SMILES string of the molecule is C=C1C(=O)OC2C1C(OC(=O)C1(C)OC1C)C(OC(C)=O)/C(C(=O)OC)=C\CCC1(C)OC21. The molecule has 0 saturated carbocycles. The maximum atomic E-state index is 13.1. The molecule has 1 aliphatic carbocycles. The van der Waals surface area contributed by atoms with Gasteiger partial charge in [0.2, 0.25) is 0 Å². The molecule has 8 atom stereocenters. The summed E-state index contributed by atoms with van der Waals surface area (Å²) in [5, 5.41) is 0. The van der Waals surface area contributed by atoms with E-state index in [0.29, 0.717) is 12.8 Å². The Kier molecular flexibility index (Phi) is 5.65. The number of methoxy groups -OCH3 is 1. The number of epoxide rings is 2. The summed E-state index contributed by atoms with van der Waals surface area (Å²) < 4.78 is 33.2. The van der Waals surface area contributed by atoms with Crippen LogP contribution in [-0.2, 0) is 47.6 Å². The highest BCUT2D eigenvalue weighted by Gasteiger charge is 2.66. The fourth-order valence-corrected chi connectivity index (χ4v) is 4.66. The van der Waals surface area contributed by atoms with Crippen molar-refractivity contribution in [2.45, 2.75) is 82.3 Å². The zero-order valence-corrected chi connectivity index (χ0v) is 19.2. The van der Waals surface area contributed by atoms with E-state index < -0.39 is 65.4 Å². The minimum atomic E-state index is -1.36. The highest BCUT2D eigenvalue weighted by Crippen LogP contribution is 2.51. The van der Waals surface area contributed by atoms with Crippen LogP contribution in [0.2, 0.25) is 0 Å². The minimum Gasteiger partial charge on any atom is -0.466 e. The summed E-state index contributed by atoms with van der Waals surface area (Å²) in [4.78, 5) is 50.4. The molecular formula is C23H28O10. The Bertz CT molecular complexity index is 953. The molecule has 0 amide bonds. The fourth-order valence-electron chi connectivity index (χ4n) is 4.66. The fraction of sp³-hybridized carbons (Fsp3) is 0.652. The second-order valence-electron chi connectivity index (χ2n) is 9.23. The van der Waals surface area contributed by atoms with Gasteiger partial charge in [-0.3, -0.25) is 4.79 Å². The number of carbonyl (C=O) groups is 4. The molecule has 10 nitrogen and oxygen atoms in total. The van der Waals surface area contributed by atoms with Gasteiger partial charge in [0.1, 0.15) is 12.2 Å². The molecule has 0 spiro atoms. The standard InChI is InChI=1S/C23H28O10/c1-10-14-16(31-21(27)23(5)11(2)32-23)15(29-12(3)24)13(20(26)28-6)8-7-9-22(4)18(33-22)17(14)30-19(10)25/h8,11,14-18H,1,7,9H2,2-6H3/b13-8+. The average Bonchev–Trinajstić information content (AvgIpc) is 3.57. The molecule has 33 heavy (non-hydrogen) atoms. The van der Waals surface area contributed by atoms with Crippen molar-refractivity contribution in [3.8, 4) is 0 Å². The van der Waals surface area contributed by atoms with E-state index >= 15 is 0 Å². The second kappa shape index (κ2) is 7.95. The summed E-state index contributed by atoms with van der Waals surface area (Å²) >= 11 is 0. The lowest BCUT2D eigenvalue weighted by atomic mass is 9.80. The van der Waals surface area contributed by atoms with Crippen molar-refractivity contribution in [3.05, 3.63) is 23.8 Å². The number of fused-ring (bicyclic) bond motifs is 3. The Labute approximate surface area is 191 Å². The van der Waals surface area contributed by atoms with Crippen molar-refractivity contribution in [1.82, 2.24) is 0 Å². The lowest BCUT2D eigenvalue weighted by molar-refractivity contribution is -0.175. The molecule has 3 saturated heterocycles. The van der Waals surface area contributed by atoms with Gasteiger partial charge in [0.25, 0.3) is 0 Å². The number of ether oxygens (including phenoxy) is 6. The number of rotatable bonds is 4. The molecule has 0 radical (unpaired) electrons. The van der Waals surface area contributed by atoms with E-state index in [1.807, 2.05) is 6.92 Å². The molecular weight excluding hydrogens is 436 g/mol. The summed E-state index contributed by atoms with van der Waals surface area (Å²) in [5.41, 5.74) is -1.77. The largest absolute Gasteiger partial charge is 0.466 e. The Balaban J connectivity index is 1.82. The Morgan fingerprint density at radius 1 is 1.18 bits per heavy atom. The summed E-state index contributed by atoms with van der Waals surface area (Å²) in [5.74, 6) is -3.79. The van der Waals surface area contributed by atoms with Gasteiger partial charge in [-0.15, -0.1) is 0 Å². The molecule has 180 valence electrons. The summed E-state index contributed by atoms with van der Waals surface area (Å²) in [6.07, 6.45) is -1.87. The van der Waals surface area contributed by atoms with Gasteiger partial charge in [0, 0.05) is 12.5 Å². The van der Waals surface area contributed by atoms with E-state index in [2.05, 4.69) is 6.58 Å². The zero-order valence-electron chi connectivity index (χ0n) is 19.2. The van der Waals surface area contributed by atoms with Gasteiger partial charge in [-0.05, 0) is 33.6 Å². The first kappa shape index (κ1) is 23.4. The minimum absolute atomic E-state index is 0.00554. The van der Waals surface area contributed by atoms with E-state index in [1.54, 1.807) is 19.9 Å². The first-order valence-electron chi connectivity index (χ1n) is 10.8. The van der Waals surface area contributed by atoms with Crippen LogP contribution in [0, 0.1) is 5.92 Å². The molecule has 4 rings (SSSR count). The molecule has 0 aromatic carbocycles. The Hall–Kier alpha value is -2.72. The number of hydrogen-bond donors (Lipinski definition) is 0. The van der Waals surface area contributed by atoms with E-state index in [-0.39, 0.29) is 17.3 Å². The molecule has 10 heteroatoms. The van der Waals surface area contributed by atoms with Gasteiger partial charge < -0.3 is 28.4 Å². The first-order chi connectivity index (χ1) is 15.4. The van der Waals surface area contributed by atoms with Crippen molar-refractivity contribution >= 4 is 23.9 Å². The van der Waals surface area contributed by atoms with Crippen LogP contribution in [0.15, 0.2) is 23.8 Å². The van der Waals surface area contributed by atoms with E-state index in [9.17, 15) is 19.2 Å². The second-order valence-corrected chi connectivity index (χ2v) is 9.23. The summed E-state index contributed by atoms with van der Waals surface area (Å²) in [7, 11) is 1.19. The van der Waals surface area contributed by atoms with Crippen LogP contribution in [0.3, 0.4) is 0 Å². The van der Waals surface area contributed by atoms with Crippen LogP contribution in [-0.4, -0.2) is 72.7 Å². The monoisotopic (exact) mass is 464 g/mol. The summed E-state index contributed by atoms with van der Waals surface area (Å²) in [6.45, 7) is 10.2. The number of hydrogen-bond acceptors (Lipinski definition) is 10. The van der Waals surface area contributed by atoms with Gasteiger partial charge in [-0.25, -0.2) is 14.4 Å². The Morgan fingerprint density at radius 2 is 1.85 bits per heavy atom. The van der Waals surface area contributed by atoms with E-state index in [4.69, 9.17) is 28.4 Å². The molecule has 3 aliphatic heterocycles. The average molecular weight is 464 g/mol. The van der Waals surface area contributed by atoms with Crippen molar-refractivity contribution < 1.29 is 47.6 Å². The van der Waals surface area contributed by atoms with Crippen LogP contribution < -0.4 is 0 Å². The molecule has 0 aromatic rings. The lowest BCUT2D eigenvalue weighted by Crippen LogP contribution is -2.49. The van der Waals surface area contributed by atoms with Crippen molar-refractivity contribution in [3.63, 3.8) is 0 Å². The van der Waals surface area contributed by atoms with Crippen LogP contribution in [0.1, 0.15) is 40.5 Å². The third-order valence-electron chi connectivity index (χ3n) is 6.97. The van der Waals surface area contributed by atoms with Crippen LogP contribution in [0.5, 0.6) is 0 Å². The molecule has 0 N–H and O–H groups in total. The third kappa shape index (κ3) is 3.95. The quantitative estimate of drug-likeness (QED) is 0.258. The van der Waals surface area contributed by atoms with Crippen LogP contribution in [0.4, 0.5) is 0 Å². The van der Waals surface area contributed by atoms with Gasteiger partial charge >= 0.3 is 23.9 Å². The van der Waals surface area contributed by atoms with E-state index in [0.717, 1.165) is 0 Å². The zero-order chi connectivity index (χ0) is 24.3. The molecule has 8 unspecified atom stereocenters. The number of allylic oxidation sites excluding steroid dienone is 1. The van der Waals surface area contributed by atoms with Crippen molar-refractivity contribution in [2.24, 2.45) is 5.92 Å². The number of carbonyl (C=O) groups excluding carboxylic acids is 4. The highest BCUT2D eigenvalue weighted by molar-refractivity contribution is 5.93. The topological polar surface area (TPSA) is 130 Å². The van der Waals surface area contributed by atoms with Crippen molar-refractivity contribution in [2.75, 3.05) is 7.11 Å². The molecule has 0 aromatic heterocycles. The van der Waals surface area contributed by atoms with Crippen molar-refractivity contribution in [1.29, 1.82) is 0 Å². The molecule has 4 aliphatic rings. The third-order valence-corrected chi connectivity index (χ3v) is 6.97. The van der Waals surface area contributed by atoms with Gasteiger partial charge in [0.05, 0.1) is 30.3 Å². The maximum Gasteiger partial charge on any atom is 0.341 e. The van der Waals surface area contributed by atoms with E-state index in [1.165, 1.54) is 14.0 Å². The smallest absolute Gasteiger partial charge is 0.341 e. The number of esters is 4.